The van der Waals surface area contributed by atoms with E-state index in [-0.39, 0.29) is 12.5 Å². The highest BCUT2D eigenvalue weighted by Crippen LogP contribution is 2.40. The van der Waals surface area contributed by atoms with E-state index in [9.17, 15) is 4.79 Å². The second kappa shape index (κ2) is 7.28. The fourth-order valence-electron chi connectivity index (χ4n) is 3.51. The average molecular weight is 510 g/mol. The normalized spacial score (nSPS) is 12.7. The van der Waals surface area contributed by atoms with Crippen molar-refractivity contribution in [2.24, 2.45) is 0 Å². The van der Waals surface area contributed by atoms with Gasteiger partial charge in [-0.05, 0) is 36.4 Å². The molecule has 0 amide bonds. The first-order chi connectivity index (χ1) is 14.1. The summed E-state index contributed by atoms with van der Waals surface area (Å²) in [6.45, 7) is -0.0380. The van der Waals surface area contributed by atoms with Crippen LogP contribution < -0.4 is 4.74 Å². The van der Waals surface area contributed by atoms with E-state index in [1.165, 1.54) is 0 Å². The molecule has 6 heteroatoms. The van der Waals surface area contributed by atoms with Gasteiger partial charge in [0.15, 0.2) is 12.4 Å². The maximum absolute atomic E-state index is 13.1. The molecule has 0 bridgehead atoms. The minimum atomic E-state index is -0.148. The van der Waals surface area contributed by atoms with E-state index in [0.29, 0.717) is 11.6 Å². The van der Waals surface area contributed by atoms with Crippen LogP contribution >= 0.6 is 31.9 Å². The molecule has 0 saturated heterocycles. The smallest absolute Gasteiger partial charge is 0.270 e. The van der Waals surface area contributed by atoms with Gasteiger partial charge >= 0.3 is 0 Å². The molecule has 2 heterocycles. The Morgan fingerprint density at radius 3 is 2.14 bits per heavy atom. The number of fused-ring (bicyclic) bond motifs is 3. The number of carbonyl (C=O) groups excluding carboxylic acids is 1. The Hall–Kier alpha value is -2.70. The van der Waals surface area contributed by atoms with Gasteiger partial charge in [0, 0.05) is 20.1 Å². The molecule has 0 atom stereocenters. The van der Waals surface area contributed by atoms with Crippen LogP contribution in [0, 0.1) is 0 Å². The summed E-state index contributed by atoms with van der Waals surface area (Å²) >= 11 is 6.97. The largest absolute Gasteiger partial charge is 0.483 e. The molecule has 0 aliphatic carbocycles. The van der Waals surface area contributed by atoms with Crippen molar-refractivity contribution in [1.29, 1.82) is 0 Å². The number of imidazole rings is 1. The number of aromatic nitrogens is 2. The Bertz CT molecular complexity index is 1230. The van der Waals surface area contributed by atoms with Crippen molar-refractivity contribution in [2.45, 2.75) is 0 Å². The molecule has 0 fully saturated rings. The second-order valence-electron chi connectivity index (χ2n) is 6.66. The minimum Gasteiger partial charge on any atom is -0.483 e. The Labute approximate surface area is 184 Å². The number of rotatable bonds is 2. The average Bonchev–Trinajstić information content (AvgIpc) is 3.07. The standard InChI is InChI=1S/C23H14Br2N2O2/c24-16-9-5-14(6-10-16)21-22(15-7-11-17(25)12-8-15)27-20(28)13-29-19-4-2-1-3-18(19)23(27)26-21/h1-12H,13H2. The summed E-state index contributed by atoms with van der Waals surface area (Å²) in [5.74, 6) is 1.11. The van der Waals surface area contributed by atoms with E-state index in [1.807, 2.05) is 72.8 Å². The monoisotopic (exact) mass is 508 g/mol. The summed E-state index contributed by atoms with van der Waals surface area (Å²) in [5.41, 5.74) is 4.19. The molecule has 0 saturated carbocycles. The molecule has 4 nitrogen and oxygen atoms in total. The first kappa shape index (κ1) is 18.3. The molecule has 1 aliphatic heterocycles. The third kappa shape index (κ3) is 3.22. The highest BCUT2D eigenvalue weighted by molar-refractivity contribution is 9.10. The van der Waals surface area contributed by atoms with E-state index in [1.54, 1.807) is 4.57 Å². The number of ether oxygens (including phenoxy) is 1. The zero-order chi connectivity index (χ0) is 20.0. The van der Waals surface area contributed by atoms with Gasteiger partial charge in [-0.15, -0.1) is 0 Å². The van der Waals surface area contributed by atoms with Crippen molar-refractivity contribution in [3.05, 3.63) is 81.7 Å². The number of hydrogen-bond acceptors (Lipinski definition) is 3. The SMILES string of the molecule is O=C1COc2ccccc2-c2nc(-c3ccc(Br)cc3)c(-c3ccc(Br)cc3)n21. The third-order valence-corrected chi connectivity index (χ3v) is 5.90. The van der Waals surface area contributed by atoms with Gasteiger partial charge in [-0.1, -0.05) is 68.3 Å². The molecule has 0 N–H and O–H groups in total. The Morgan fingerprint density at radius 2 is 1.45 bits per heavy atom. The van der Waals surface area contributed by atoms with Crippen molar-refractivity contribution in [2.75, 3.05) is 6.61 Å². The van der Waals surface area contributed by atoms with Gasteiger partial charge < -0.3 is 4.74 Å². The van der Waals surface area contributed by atoms with E-state index >= 15 is 0 Å². The molecule has 1 aliphatic rings. The van der Waals surface area contributed by atoms with Crippen LogP contribution in [0.25, 0.3) is 33.9 Å². The number of nitrogens with zero attached hydrogens (tertiary/aromatic N) is 2. The summed E-state index contributed by atoms with van der Waals surface area (Å²) in [6.07, 6.45) is 0. The number of benzene rings is 3. The highest BCUT2D eigenvalue weighted by Gasteiger charge is 2.29. The van der Waals surface area contributed by atoms with Crippen LogP contribution in [0.15, 0.2) is 81.7 Å². The van der Waals surface area contributed by atoms with Gasteiger partial charge in [0.25, 0.3) is 5.91 Å². The molecular weight excluding hydrogens is 496 g/mol. The molecule has 3 aromatic carbocycles. The lowest BCUT2D eigenvalue weighted by Crippen LogP contribution is -2.18. The molecule has 142 valence electrons. The summed E-state index contributed by atoms with van der Waals surface area (Å²) < 4.78 is 9.40. The first-order valence-electron chi connectivity index (χ1n) is 9.02. The number of carbonyl (C=O) groups is 1. The predicted molar refractivity (Wildman–Crippen MR) is 120 cm³/mol. The zero-order valence-corrected chi connectivity index (χ0v) is 18.3. The van der Waals surface area contributed by atoms with Gasteiger partial charge in [-0.3, -0.25) is 9.36 Å². The Kier molecular flexibility index (Phi) is 4.60. The van der Waals surface area contributed by atoms with Crippen molar-refractivity contribution in [3.8, 4) is 39.7 Å². The first-order valence-corrected chi connectivity index (χ1v) is 10.6. The summed E-state index contributed by atoms with van der Waals surface area (Å²) in [6, 6.07) is 23.5. The van der Waals surface area contributed by atoms with E-state index < -0.39 is 0 Å². The minimum absolute atomic E-state index is 0.0380. The van der Waals surface area contributed by atoms with Crippen LogP contribution in [0.2, 0.25) is 0 Å². The molecule has 0 radical (unpaired) electrons. The van der Waals surface area contributed by atoms with Crippen LogP contribution in [0.3, 0.4) is 0 Å². The van der Waals surface area contributed by atoms with Crippen molar-refractivity contribution < 1.29 is 9.53 Å². The van der Waals surface area contributed by atoms with Crippen molar-refractivity contribution in [1.82, 2.24) is 9.55 Å². The Balaban J connectivity index is 1.85. The maximum atomic E-state index is 13.1. The lowest BCUT2D eigenvalue weighted by molar-refractivity contribution is 0.0848. The quantitative estimate of drug-likeness (QED) is 0.312. The zero-order valence-electron chi connectivity index (χ0n) is 15.1. The molecule has 29 heavy (non-hydrogen) atoms. The van der Waals surface area contributed by atoms with Crippen LogP contribution in [-0.2, 0) is 0 Å². The van der Waals surface area contributed by atoms with Gasteiger partial charge in [0.2, 0.25) is 0 Å². The lowest BCUT2D eigenvalue weighted by Gasteiger charge is -2.10. The van der Waals surface area contributed by atoms with Crippen molar-refractivity contribution in [3.63, 3.8) is 0 Å². The topological polar surface area (TPSA) is 44.1 Å². The van der Waals surface area contributed by atoms with E-state index in [2.05, 4.69) is 31.9 Å². The van der Waals surface area contributed by atoms with Gasteiger partial charge in [-0.2, -0.15) is 0 Å². The number of hydrogen-bond donors (Lipinski definition) is 0. The van der Waals surface area contributed by atoms with Crippen molar-refractivity contribution >= 4 is 37.8 Å². The van der Waals surface area contributed by atoms with Crippen LogP contribution in [0.1, 0.15) is 4.79 Å². The second-order valence-corrected chi connectivity index (χ2v) is 8.49. The third-order valence-electron chi connectivity index (χ3n) is 4.84. The molecule has 0 spiro atoms. The van der Waals surface area contributed by atoms with E-state index in [0.717, 1.165) is 37.0 Å². The summed E-state index contributed by atoms with van der Waals surface area (Å²) in [5, 5.41) is 0. The van der Waals surface area contributed by atoms with Crippen LogP contribution in [0.5, 0.6) is 5.75 Å². The van der Waals surface area contributed by atoms with E-state index in [4.69, 9.17) is 9.72 Å². The Morgan fingerprint density at radius 1 is 0.828 bits per heavy atom. The number of halogens is 2. The fraction of sp³-hybridized carbons (Fsp3) is 0.0435. The molecule has 0 unspecified atom stereocenters. The number of para-hydroxylation sites is 1. The summed E-state index contributed by atoms with van der Waals surface area (Å²) in [4.78, 5) is 18.1. The van der Waals surface area contributed by atoms with Gasteiger partial charge in [0.1, 0.15) is 5.75 Å². The molecular formula is C23H14Br2N2O2. The predicted octanol–water partition coefficient (Wildman–Crippen LogP) is 6.44. The van der Waals surface area contributed by atoms with Gasteiger partial charge in [-0.25, -0.2) is 4.98 Å². The fourth-order valence-corrected chi connectivity index (χ4v) is 4.04. The van der Waals surface area contributed by atoms with Crippen LogP contribution in [-0.4, -0.2) is 22.1 Å². The lowest BCUT2D eigenvalue weighted by atomic mass is 10.0. The molecule has 5 rings (SSSR count). The molecule has 4 aromatic rings. The molecule has 1 aromatic heterocycles. The highest BCUT2D eigenvalue weighted by atomic mass is 79.9. The van der Waals surface area contributed by atoms with Crippen LogP contribution in [0.4, 0.5) is 0 Å². The summed E-state index contributed by atoms with van der Waals surface area (Å²) in [7, 11) is 0. The maximum Gasteiger partial charge on any atom is 0.270 e. The van der Waals surface area contributed by atoms with Gasteiger partial charge in [0.05, 0.1) is 17.0 Å².